The van der Waals surface area contributed by atoms with Gasteiger partial charge in [0.1, 0.15) is 19.8 Å². The highest BCUT2D eigenvalue weighted by atomic mass is 31.2. The van der Waals surface area contributed by atoms with Crippen molar-refractivity contribution in [1.29, 1.82) is 0 Å². The average Bonchev–Trinajstić information content (AvgIpc) is 3.02. The van der Waals surface area contributed by atoms with Crippen LogP contribution in [0.15, 0.2) is 0 Å². The number of esters is 2. The van der Waals surface area contributed by atoms with Crippen molar-refractivity contribution in [3.05, 3.63) is 0 Å². The van der Waals surface area contributed by atoms with E-state index in [1.165, 1.54) is 116 Å². The zero-order chi connectivity index (χ0) is 35.8. The molecule has 48 heavy (non-hydrogen) atoms. The minimum Gasteiger partial charge on any atom is -0.462 e. The van der Waals surface area contributed by atoms with Gasteiger partial charge in [0.05, 0.1) is 27.7 Å². The molecule has 0 aliphatic heterocycles. The maximum atomic E-state index is 12.6. The van der Waals surface area contributed by atoms with Crippen molar-refractivity contribution in [2.45, 2.75) is 187 Å². The van der Waals surface area contributed by atoms with Gasteiger partial charge in [0, 0.05) is 12.8 Å². The van der Waals surface area contributed by atoms with Crippen LogP contribution in [0.2, 0.25) is 0 Å². The van der Waals surface area contributed by atoms with Crippen molar-refractivity contribution in [2.24, 2.45) is 0 Å². The first-order valence-corrected chi connectivity index (χ1v) is 21.3. The summed E-state index contributed by atoms with van der Waals surface area (Å²) >= 11 is 0. The van der Waals surface area contributed by atoms with Gasteiger partial charge >= 0.3 is 19.8 Å². The number of rotatable bonds is 36. The first-order chi connectivity index (χ1) is 23.0. The molecule has 0 rings (SSSR count). The largest absolute Gasteiger partial charge is 0.472 e. The number of carbonyl (C=O) groups is 2. The Morgan fingerprint density at radius 2 is 0.938 bits per heavy atom. The van der Waals surface area contributed by atoms with Gasteiger partial charge in [-0.25, -0.2) is 4.57 Å². The van der Waals surface area contributed by atoms with Gasteiger partial charge in [0.2, 0.25) is 0 Å². The number of phosphoric ester groups is 1. The van der Waals surface area contributed by atoms with Gasteiger partial charge in [0.25, 0.3) is 0 Å². The van der Waals surface area contributed by atoms with Crippen LogP contribution in [-0.4, -0.2) is 74.9 Å². The second-order valence-corrected chi connectivity index (χ2v) is 16.1. The van der Waals surface area contributed by atoms with Gasteiger partial charge in [-0.2, -0.15) is 0 Å². The molecule has 0 amide bonds. The monoisotopic (exact) mass is 707 g/mol. The summed E-state index contributed by atoms with van der Waals surface area (Å²) in [6, 6.07) is 0. The quantitative estimate of drug-likeness (QED) is 0.0297. The lowest BCUT2D eigenvalue weighted by atomic mass is 10.0. The summed E-state index contributed by atoms with van der Waals surface area (Å²) in [6.07, 6.45) is 28.6. The third-order valence-electron chi connectivity index (χ3n) is 8.64. The highest BCUT2D eigenvalue weighted by Gasteiger charge is 2.27. The predicted molar refractivity (Wildman–Crippen MR) is 197 cm³/mol. The van der Waals surface area contributed by atoms with Gasteiger partial charge < -0.3 is 18.9 Å². The second-order valence-electron chi connectivity index (χ2n) is 14.7. The lowest BCUT2D eigenvalue weighted by Gasteiger charge is -2.24. The Morgan fingerprint density at radius 1 is 0.562 bits per heavy atom. The van der Waals surface area contributed by atoms with Crippen LogP contribution >= 0.6 is 7.82 Å². The van der Waals surface area contributed by atoms with Gasteiger partial charge in [-0.1, -0.05) is 155 Å². The topological polar surface area (TPSA) is 108 Å². The SMILES string of the molecule is CCCCCCCCCCCCCCCCC(=O)OCC(COP(=O)(O)OCC[N+](C)(C)C)OC(=O)CCCCCCCCCCCC. The molecule has 0 spiro atoms. The van der Waals surface area contributed by atoms with Crippen LogP contribution in [0.3, 0.4) is 0 Å². The normalized spacial score (nSPS) is 13.7. The van der Waals surface area contributed by atoms with Crippen LogP contribution in [0.5, 0.6) is 0 Å². The molecule has 0 aromatic heterocycles. The molecule has 0 aliphatic carbocycles. The molecule has 2 unspecified atom stereocenters. The van der Waals surface area contributed by atoms with E-state index in [0.29, 0.717) is 23.9 Å². The molecule has 286 valence electrons. The van der Waals surface area contributed by atoms with Crippen LogP contribution in [-0.2, 0) is 32.7 Å². The van der Waals surface area contributed by atoms with E-state index in [-0.39, 0.29) is 25.6 Å². The lowest BCUT2D eigenvalue weighted by Crippen LogP contribution is -2.37. The number of quaternary nitrogens is 1. The van der Waals surface area contributed by atoms with Crippen LogP contribution in [0, 0.1) is 0 Å². The second kappa shape index (κ2) is 32.0. The molecule has 0 saturated carbocycles. The first-order valence-electron chi connectivity index (χ1n) is 19.8. The molecule has 0 fully saturated rings. The lowest BCUT2D eigenvalue weighted by molar-refractivity contribution is -0.870. The molecule has 0 aromatic rings. The fraction of sp³-hybridized carbons (Fsp3) is 0.947. The number of unbranched alkanes of at least 4 members (excludes halogenated alkanes) is 22. The van der Waals surface area contributed by atoms with Gasteiger partial charge in [0.15, 0.2) is 6.10 Å². The number of phosphoric acid groups is 1. The maximum absolute atomic E-state index is 12.6. The number of hydrogen-bond donors (Lipinski definition) is 1. The Kier molecular flexibility index (Phi) is 31.3. The Bertz CT molecular complexity index is 804. The fourth-order valence-corrected chi connectivity index (χ4v) is 6.23. The molecule has 2 atom stereocenters. The number of nitrogens with zero attached hydrogens (tertiary/aromatic N) is 1. The number of ether oxygens (including phenoxy) is 2. The fourth-order valence-electron chi connectivity index (χ4n) is 5.48. The molecular weight excluding hydrogens is 629 g/mol. The van der Waals surface area contributed by atoms with E-state index in [0.717, 1.165) is 32.1 Å². The molecule has 0 radical (unpaired) electrons. The van der Waals surface area contributed by atoms with E-state index in [1.807, 2.05) is 21.1 Å². The van der Waals surface area contributed by atoms with Crippen LogP contribution < -0.4 is 0 Å². The summed E-state index contributed by atoms with van der Waals surface area (Å²) in [7, 11) is 1.49. The van der Waals surface area contributed by atoms with Crippen molar-refractivity contribution in [1.82, 2.24) is 0 Å². The van der Waals surface area contributed by atoms with E-state index in [1.54, 1.807) is 0 Å². The van der Waals surface area contributed by atoms with E-state index in [4.69, 9.17) is 18.5 Å². The Balaban J connectivity index is 4.37. The third kappa shape index (κ3) is 34.9. The van der Waals surface area contributed by atoms with Crippen molar-refractivity contribution >= 4 is 19.8 Å². The number of likely N-dealkylation sites (N-methyl/N-ethyl adjacent to an activating group) is 1. The van der Waals surface area contributed by atoms with Crippen molar-refractivity contribution in [2.75, 3.05) is 47.5 Å². The minimum atomic E-state index is -4.36. The molecule has 0 aromatic carbocycles. The van der Waals surface area contributed by atoms with E-state index >= 15 is 0 Å². The van der Waals surface area contributed by atoms with E-state index in [9.17, 15) is 19.0 Å². The Hall–Kier alpha value is -0.990. The van der Waals surface area contributed by atoms with Crippen molar-refractivity contribution in [3.8, 4) is 0 Å². The average molecular weight is 707 g/mol. The summed E-state index contributed by atoms with van der Waals surface area (Å²) in [5.41, 5.74) is 0. The van der Waals surface area contributed by atoms with Crippen molar-refractivity contribution in [3.63, 3.8) is 0 Å². The molecule has 0 saturated heterocycles. The molecule has 10 heteroatoms. The minimum absolute atomic E-state index is 0.0364. The number of hydrogen-bond acceptors (Lipinski definition) is 7. The highest BCUT2D eigenvalue weighted by Crippen LogP contribution is 2.43. The van der Waals surface area contributed by atoms with Crippen LogP contribution in [0.1, 0.15) is 181 Å². The van der Waals surface area contributed by atoms with Gasteiger partial charge in [-0.3, -0.25) is 18.6 Å². The Morgan fingerprint density at radius 3 is 1.33 bits per heavy atom. The summed E-state index contributed by atoms with van der Waals surface area (Å²) < 4.78 is 34.1. The smallest absolute Gasteiger partial charge is 0.462 e. The van der Waals surface area contributed by atoms with Crippen molar-refractivity contribution < 1.29 is 42.1 Å². The summed E-state index contributed by atoms with van der Waals surface area (Å²) in [6.45, 7) is 4.42. The van der Waals surface area contributed by atoms with Gasteiger partial charge in [-0.05, 0) is 12.8 Å². The third-order valence-corrected chi connectivity index (χ3v) is 9.62. The Labute approximate surface area is 295 Å². The zero-order valence-electron chi connectivity index (χ0n) is 32.0. The van der Waals surface area contributed by atoms with Gasteiger partial charge in [-0.15, -0.1) is 0 Å². The first kappa shape index (κ1) is 47.0. The molecule has 0 bridgehead atoms. The summed E-state index contributed by atoms with van der Waals surface area (Å²) in [5.74, 6) is -0.791. The standard InChI is InChI=1S/C38H76NO8P/c1-6-8-10-12-14-16-18-19-20-21-23-24-26-28-30-37(40)44-34-36(35-46-48(42,43)45-33-32-39(3,4)5)47-38(41)31-29-27-25-22-17-15-13-11-9-7-2/h36H,6-35H2,1-5H3/p+1. The highest BCUT2D eigenvalue weighted by molar-refractivity contribution is 7.47. The van der Waals surface area contributed by atoms with Crippen LogP contribution in [0.4, 0.5) is 0 Å². The van der Waals surface area contributed by atoms with E-state index < -0.39 is 26.5 Å². The summed E-state index contributed by atoms with van der Waals surface area (Å²) in [5, 5.41) is 0. The zero-order valence-corrected chi connectivity index (χ0v) is 32.9. The molecule has 1 N–H and O–H groups in total. The summed E-state index contributed by atoms with van der Waals surface area (Å²) in [4.78, 5) is 35.1. The van der Waals surface area contributed by atoms with E-state index in [2.05, 4.69) is 13.8 Å². The molecule has 9 nitrogen and oxygen atoms in total. The van der Waals surface area contributed by atoms with Crippen LogP contribution in [0.25, 0.3) is 0 Å². The number of carbonyl (C=O) groups excluding carboxylic acids is 2. The molecule has 0 aliphatic rings. The maximum Gasteiger partial charge on any atom is 0.472 e. The molecule has 0 heterocycles. The predicted octanol–water partition coefficient (Wildman–Crippen LogP) is 10.5. The molecular formula is C38H77NO8P+.